The van der Waals surface area contributed by atoms with Crippen LogP contribution >= 0.6 is 11.3 Å². The van der Waals surface area contributed by atoms with Crippen molar-refractivity contribution in [1.29, 1.82) is 0 Å². The van der Waals surface area contributed by atoms with Crippen molar-refractivity contribution < 1.29 is 18.3 Å². The van der Waals surface area contributed by atoms with Crippen molar-refractivity contribution in [3.8, 4) is 5.75 Å². The second-order valence-corrected chi connectivity index (χ2v) is 6.84. The van der Waals surface area contributed by atoms with Crippen LogP contribution < -0.4 is 9.46 Å². The lowest BCUT2D eigenvalue weighted by Crippen LogP contribution is -2.12. The number of benzene rings is 1. The molecule has 0 amide bonds. The SMILES string of the molecule is Cc1cnc(NS(=O)(=O)c2ccc(OCCO)cc2)s1. The van der Waals surface area contributed by atoms with Crippen LogP contribution in [0.2, 0.25) is 0 Å². The van der Waals surface area contributed by atoms with Gasteiger partial charge in [0.25, 0.3) is 10.0 Å². The maximum Gasteiger partial charge on any atom is 0.263 e. The van der Waals surface area contributed by atoms with Gasteiger partial charge in [-0.25, -0.2) is 13.4 Å². The number of nitrogens with one attached hydrogen (secondary N) is 1. The zero-order valence-corrected chi connectivity index (χ0v) is 12.4. The normalized spacial score (nSPS) is 11.3. The summed E-state index contributed by atoms with van der Waals surface area (Å²) in [5, 5.41) is 8.98. The highest BCUT2D eigenvalue weighted by atomic mass is 32.2. The zero-order valence-electron chi connectivity index (χ0n) is 10.7. The van der Waals surface area contributed by atoms with Gasteiger partial charge in [-0.1, -0.05) is 0 Å². The van der Waals surface area contributed by atoms with Gasteiger partial charge in [0.2, 0.25) is 0 Å². The molecule has 1 aromatic carbocycles. The number of hydrogen-bond donors (Lipinski definition) is 2. The second kappa shape index (κ2) is 6.21. The van der Waals surface area contributed by atoms with E-state index in [1.54, 1.807) is 6.20 Å². The smallest absolute Gasteiger partial charge is 0.263 e. The highest BCUT2D eigenvalue weighted by molar-refractivity contribution is 7.93. The van der Waals surface area contributed by atoms with E-state index < -0.39 is 10.0 Å². The molecule has 2 aromatic rings. The third-order valence-corrected chi connectivity index (χ3v) is 4.65. The highest BCUT2D eigenvalue weighted by Crippen LogP contribution is 2.22. The van der Waals surface area contributed by atoms with E-state index in [9.17, 15) is 8.42 Å². The summed E-state index contributed by atoms with van der Waals surface area (Å²) >= 11 is 1.27. The number of anilines is 1. The van der Waals surface area contributed by atoms with Gasteiger partial charge in [-0.2, -0.15) is 0 Å². The van der Waals surface area contributed by atoms with E-state index in [1.165, 1.54) is 35.6 Å². The van der Waals surface area contributed by atoms with Gasteiger partial charge in [-0.05, 0) is 31.2 Å². The van der Waals surface area contributed by atoms with E-state index in [0.29, 0.717) is 10.9 Å². The Balaban J connectivity index is 2.13. The summed E-state index contributed by atoms with van der Waals surface area (Å²) in [6.07, 6.45) is 1.61. The average molecular weight is 314 g/mol. The number of rotatable bonds is 6. The Morgan fingerprint density at radius 3 is 2.60 bits per heavy atom. The van der Waals surface area contributed by atoms with Crippen molar-refractivity contribution in [2.75, 3.05) is 17.9 Å². The van der Waals surface area contributed by atoms with Crippen LogP contribution in [0.4, 0.5) is 5.13 Å². The van der Waals surface area contributed by atoms with Crippen LogP contribution in [0, 0.1) is 6.92 Å². The fourth-order valence-electron chi connectivity index (χ4n) is 1.45. The number of ether oxygens (including phenoxy) is 1. The molecule has 0 atom stereocenters. The molecule has 2 N–H and O–H groups in total. The molecule has 1 heterocycles. The molecule has 0 fully saturated rings. The van der Waals surface area contributed by atoms with Gasteiger partial charge in [-0.3, -0.25) is 4.72 Å². The molecular formula is C12H14N2O4S2. The van der Waals surface area contributed by atoms with Crippen LogP contribution in [0.1, 0.15) is 4.88 Å². The van der Waals surface area contributed by atoms with Crippen LogP contribution in [-0.2, 0) is 10.0 Å². The Labute approximate surface area is 121 Å². The number of aliphatic hydroxyl groups is 1. The van der Waals surface area contributed by atoms with Crippen molar-refractivity contribution in [3.05, 3.63) is 35.3 Å². The Morgan fingerprint density at radius 2 is 2.05 bits per heavy atom. The van der Waals surface area contributed by atoms with Crippen LogP contribution in [0.15, 0.2) is 35.4 Å². The number of aryl methyl sites for hydroxylation is 1. The maximum atomic E-state index is 12.1. The molecule has 0 aliphatic rings. The molecule has 6 nitrogen and oxygen atoms in total. The molecule has 0 saturated heterocycles. The van der Waals surface area contributed by atoms with Gasteiger partial charge in [0, 0.05) is 11.1 Å². The van der Waals surface area contributed by atoms with Crippen molar-refractivity contribution >= 4 is 26.5 Å². The molecule has 8 heteroatoms. The third kappa shape index (κ3) is 3.69. The number of sulfonamides is 1. The van der Waals surface area contributed by atoms with Crippen LogP contribution in [0.5, 0.6) is 5.75 Å². The van der Waals surface area contributed by atoms with Crippen molar-refractivity contribution in [2.45, 2.75) is 11.8 Å². The molecule has 2 rings (SSSR count). The fraction of sp³-hybridized carbons (Fsp3) is 0.250. The standard InChI is InChI=1S/C12H14N2O4S2/c1-9-8-13-12(19-9)14-20(16,17)11-4-2-10(3-5-11)18-7-6-15/h2-5,8,15H,6-7H2,1H3,(H,13,14). The van der Waals surface area contributed by atoms with E-state index in [1.807, 2.05) is 6.92 Å². The summed E-state index contributed by atoms with van der Waals surface area (Å²) in [5.41, 5.74) is 0. The zero-order chi connectivity index (χ0) is 14.6. The van der Waals surface area contributed by atoms with E-state index >= 15 is 0 Å². The van der Waals surface area contributed by atoms with E-state index in [0.717, 1.165) is 4.88 Å². The molecular weight excluding hydrogens is 300 g/mol. The molecule has 0 radical (unpaired) electrons. The molecule has 0 bridgehead atoms. The molecule has 0 unspecified atom stereocenters. The van der Waals surface area contributed by atoms with Gasteiger partial charge >= 0.3 is 0 Å². The molecule has 0 aliphatic heterocycles. The largest absolute Gasteiger partial charge is 0.491 e. The molecule has 20 heavy (non-hydrogen) atoms. The predicted octanol–water partition coefficient (Wildman–Crippen LogP) is 1.62. The number of nitrogens with zero attached hydrogens (tertiary/aromatic N) is 1. The Morgan fingerprint density at radius 1 is 1.35 bits per heavy atom. The summed E-state index contributed by atoms with van der Waals surface area (Å²) in [4.78, 5) is 5.01. The molecule has 108 valence electrons. The number of aromatic nitrogens is 1. The van der Waals surface area contributed by atoms with E-state index in [-0.39, 0.29) is 18.1 Å². The minimum Gasteiger partial charge on any atom is -0.491 e. The Bertz CT molecular complexity index is 665. The summed E-state index contributed by atoms with van der Waals surface area (Å²) in [6.45, 7) is 1.93. The first kappa shape index (κ1) is 14.8. The van der Waals surface area contributed by atoms with E-state index in [2.05, 4.69) is 9.71 Å². The lowest BCUT2D eigenvalue weighted by atomic mass is 10.3. The number of aliphatic hydroxyl groups excluding tert-OH is 1. The fourth-order valence-corrected chi connectivity index (χ4v) is 3.36. The minimum absolute atomic E-state index is 0.0923. The van der Waals surface area contributed by atoms with E-state index in [4.69, 9.17) is 9.84 Å². The van der Waals surface area contributed by atoms with Crippen molar-refractivity contribution in [1.82, 2.24) is 4.98 Å². The minimum atomic E-state index is -3.64. The molecule has 0 aliphatic carbocycles. The predicted molar refractivity (Wildman–Crippen MR) is 76.7 cm³/mol. The van der Waals surface area contributed by atoms with Crippen LogP contribution in [0.25, 0.3) is 0 Å². The Kier molecular flexibility index (Phi) is 4.58. The first-order valence-corrected chi connectivity index (χ1v) is 8.10. The van der Waals surface area contributed by atoms with Gasteiger partial charge in [0.05, 0.1) is 11.5 Å². The summed E-state index contributed by atoms with van der Waals surface area (Å²) in [6, 6.07) is 5.96. The second-order valence-electron chi connectivity index (χ2n) is 3.93. The number of hydrogen-bond acceptors (Lipinski definition) is 6. The lowest BCUT2D eigenvalue weighted by molar-refractivity contribution is 0.201. The number of thiazole rings is 1. The molecule has 0 spiro atoms. The first-order valence-electron chi connectivity index (χ1n) is 5.80. The highest BCUT2D eigenvalue weighted by Gasteiger charge is 2.15. The monoisotopic (exact) mass is 314 g/mol. The van der Waals surface area contributed by atoms with Gasteiger partial charge in [0.15, 0.2) is 5.13 Å². The van der Waals surface area contributed by atoms with Crippen molar-refractivity contribution in [2.24, 2.45) is 0 Å². The van der Waals surface area contributed by atoms with Gasteiger partial charge in [-0.15, -0.1) is 11.3 Å². The van der Waals surface area contributed by atoms with Crippen LogP contribution in [0.3, 0.4) is 0 Å². The van der Waals surface area contributed by atoms with Gasteiger partial charge < -0.3 is 9.84 Å². The first-order chi connectivity index (χ1) is 9.51. The van der Waals surface area contributed by atoms with Crippen LogP contribution in [-0.4, -0.2) is 31.7 Å². The quantitative estimate of drug-likeness (QED) is 0.846. The summed E-state index contributed by atoms with van der Waals surface area (Å²) in [5.74, 6) is 0.503. The lowest BCUT2D eigenvalue weighted by Gasteiger charge is -2.07. The molecule has 1 aromatic heterocycles. The molecule has 0 saturated carbocycles. The average Bonchev–Trinajstić information content (AvgIpc) is 2.81. The van der Waals surface area contributed by atoms with Crippen molar-refractivity contribution in [3.63, 3.8) is 0 Å². The Hall–Kier alpha value is -1.64. The summed E-state index contributed by atoms with van der Waals surface area (Å²) in [7, 11) is -3.64. The third-order valence-electron chi connectivity index (χ3n) is 2.34. The topological polar surface area (TPSA) is 88.5 Å². The van der Waals surface area contributed by atoms with Gasteiger partial charge in [0.1, 0.15) is 12.4 Å². The maximum absolute atomic E-state index is 12.1. The summed E-state index contributed by atoms with van der Waals surface area (Å²) < 4.78 is 31.8.